The Hall–Kier alpha value is -1.88. The molecule has 0 spiro atoms. The second-order valence-electron chi connectivity index (χ2n) is 7.03. The van der Waals surface area contributed by atoms with Crippen molar-refractivity contribution in [1.82, 2.24) is 14.0 Å². The van der Waals surface area contributed by atoms with Gasteiger partial charge >= 0.3 is 5.69 Å². The van der Waals surface area contributed by atoms with Crippen LogP contribution in [0.25, 0.3) is 11.0 Å². The molecule has 0 N–H and O–H groups in total. The van der Waals surface area contributed by atoms with E-state index in [2.05, 4.69) is 4.90 Å². The lowest BCUT2D eigenvalue weighted by atomic mass is 10.1. The number of hydrogen-bond acceptors (Lipinski definition) is 3. The molecular weight excluding hydrogens is 302 g/mol. The monoisotopic (exact) mass is 329 g/mol. The van der Waals surface area contributed by atoms with E-state index in [0.717, 1.165) is 30.7 Å². The first-order chi connectivity index (χ1) is 11.6. The van der Waals surface area contributed by atoms with E-state index in [1.54, 1.807) is 4.57 Å². The van der Waals surface area contributed by atoms with Gasteiger partial charge in [-0.2, -0.15) is 0 Å². The summed E-state index contributed by atoms with van der Waals surface area (Å²) in [6.07, 6.45) is 3.81. The maximum absolute atomic E-state index is 12.9. The second-order valence-corrected chi connectivity index (χ2v) is 7.03. The molecule has 1 fully saturated rings. The molecule has 24 heavy (non-hydrogen) atoms. The summed E-state index contributed by atoms with van der Waals surface area (Å²) in [5.41, 5.74) is 1.72. The van der Waals surface area contributed by atoms with Gasteiger partial charge in [-0.1, -0.05) is 32.4 Å². The fraction of sp³-hybridized carbons (Fsp3) is 0.579. The number of ketones is 1. The average Bonchev–Trinajstić information content (AvgIpc) is 2.86. The average molecular weight is 329 g/mol. The molecule has 0 saturated carbocycles. The van der Waals surface area contributed by atoms with Crippen molar-refractivity contribution in [2.75, 3.05) is 19.6 Å². The number of nitrogens with zero attached hydrogens (tertiary/aromatic N) is 3. The minimum Gasteiger partial charge on any atom is -0.302 e. The SMILES string of the molecule is CC(C)C(=O)Cn1c(=O)n(CCN2CCCCC2)c2ccccc21. The van der Waals surface area contributed by atoms with E-state index in [4.69, 9.17) is 0 Å². The van der Waals surface area contributed by atoms with E-state index in [1.165, 1.54) is 19.3 Å². The molecule has 2 aromatic rings. The van der Waals surface area contributed by atoms with Gasteiger partial charge in [0.2, 0.25) is 0 Å². The number of fused-ring (bicyclic) bond motifs is 1. The van der Waals surface area contributed by atoms with Crippen molar-refractivity contribution in [3.63, 3.8) is 0 Å². The Kier molecular flexibility index (Phi) is 5.19. The molecule has 0 amide bonds. The Morgan fingerprint density at radius 1 is 1.00 bits per heavy atom. The van der Waals surface area contributed by atoms with E-state index < -0.39 is 0 Å². The lowest BCUT2D eigenvalue weighted by Gasteiger charge is -2.26. The number of carbonyl (C=O) groups is 1. The molecule has 5 heteroatoms. The molecule has 0 aliphatic carbocycles. The van der Waals surface area contributed by atoms with E-state index in [9.17, 15) is 9.59 Å². The molecule has 130 valence electrons. The van der Waals surface area contributed by atoms with Crippen molar-refractivity contribution in [2.45, 2.75) is 46.2 Å². The van der Waals surface area contributed by atoms with Crippen molar-refractivity contribution in [3.05, 3.63) is 34.7 Å². The third-order valence-corrected chi connectivity index (χ3v) is 4.97. The summed E-state index contributed by atoms with van der Waals surface area (Å²) in [4.78, 5) is 27.5. The Bertz CT molecular complexity index is 767. The zero-order valence-corrected chi connectivity index (χ0v) is 14.7. The molecule has 1 aromatic heterocycles. The maximum atomic E-state index is 12.9. The molecule has 3 rings (SSSR count). The number of para-hydroxylation sites is 2. The van der Waals surface area contributed by atoms with Gasteiger partial charge in [0.25, 0.3) is 0 Å². The molecule has 1 saturated heterocycles. The maximum Gasteiger partial charge on any atom is 0.329 e. The first-order valence-electron chi connectivity index (χ1n) is 9.01. The Balaban J connectivity index is 1.88. The first kappa shape index (κ1) is 17.0. The number of hydrogen-bond donors (Lipinski definition) is 0. The smallest absolute Gasteiger partial charge is 0.302 e. The summed E-state index contributed by atoms with van der Waals surface area (Å²) < 4.78 is 3.46. The van der Waals surface area contributed by atoms with Gasteiger partial charge in [-0.05, 0) is 38.1 Å². The van der Waals surface area contributed by atoms with E-state index >= 15 is 0 Å². The number of Topliss-reactive ketones (excluding diaryl/α,β-unsaturated/α-hetero) is 1. The number of piperidine rings is 1. The van der Waals surface area contributed by atoms with Crippen LogP contribution in [0.5, 0.6) is 0 Å². The van der Waals surface area contributed by atoms with Crippen LogP contribution >= 0.6 is 0 Å². The number of imidazole rings is 1. The topological polar surface area (TPSA) is 47.2 Å². The van der Waals surface area contributed by atoms with Crippen LogP contribution in [0.3, 0.4) is 0 Å². The minimum atomic E-state index is -0.0674. The molecule has 0 bridgehead atoms. The standard InChI is InChI=1S/C19H27N3O2/c1-15(2)18(23)14-22-17-9-5-4-8-16(17)21(19(22)24)13-12-20-10-6-3-7-11-20/h4-5,8-9,15H,3,6-7,10-14H2,1-2H3. The number of carbonyl (C=O) groups excluding carboxylic acids is 1. The van der Waals surface area contributed by atoms with Crippen LogP contribution < -0.4 is 5.69 Å². The predicted octanol–water partition coefficient (Wildman–Crippen LogP) is 2.51. The lowest BCUT2D eigenvalue weighted by molar-refractivity contribution is -0.122. The molecule has 0 atom stereocenters. The molecule has 2 heterocycles. The van der Waals surface area contributed by atoms with Gasteiger partial charge in [-0.3, -0.25) is 13.9 Å². The van der Waals surface area contributed by atoms with Gasteiger partial charge in [0.15, 0.2) is 5.78 Å². The molecular formula is C19H27N3O2. The van der Waals surface area contributed by atoms with Crippen LogP contribution in [0.4, 0.5) is 0 Å². The van der Waals surface area contributed by atoms with Crippen LogP contribution in [0.2, 0.25) is 0 Å². The Labute approximate surface area is 142 Å². The van der Waals surface area contributed by atoms with Crippen molar-refractivity contribution in [3.8, 4) is 0 Å². The predicted molar refractivity (Wildman–Crippen MR) is 96.3 cm³/mol. The molecule has 5 nitrogen and oxygen atoms in total. The van der Waals surface area contributed by atoms with Gasteiger partial charge in [-0.25, -0.2) is 4.79 Å². The quantitative estimate of drug-likeness (QED) is 0.818. The number of benzene rings is 1. The fourth-order valence-electron chi connectivity index (χ4n) is 3.40. The molecule has 0 unspecified atom stereocenters. The van der Waals surface area contributed by atoms with Crippen molar-refractivity contribution in [1.29, 1.82) is 0 Å². The van der Waals surface area contributed by atoms with Gasteiger partial charge < -0.3 is 4.90 Å². The van der Waals surface area contributed by atoms with Gasteiger partial charge in [0.05, 0.1) is 17.6 Å². The summed E-state index contributed by atoms with van der Waals surface area (Å²) >= 11 is 0. The van der Waals surface area contributed by atoms with Crippen molar-refractivity contribution >= 4 is 16.8 Å². The van der Waals surface area contributed by atoms with Crippen LogP contribution in [-0.4, -0.2) is 39.5 Å². The fourth-order valence-corrected chi connectivity index (χ4v) is 3.40. The summed E-state index contributed by atoms with van der Waals surface area (Å²) in [6, 6.07) is 7.78. The third-order valence-electron chi connectivity index (χ3n) is 4.97. The first-order valence-corrected chi connectivity index (χ1v) is 9.01. The highest BCUT2D eigenvalue weighted by Gasteiger charge is 2.18. The Morgan fingerprint density at radius 2 is 1.62 bits per heavy atom. The molecule has 0 radical (unpaired) electrons. The zero-order valence-electron chi connectivity index (χ0n) is 14.7. The number of aromatic nitrogens is 2. The van der Waals surface area contributed by atoms with E-state index in [-0.39, 0.29) is 23.9 Å². The van der Waals surface area contributed by atoms with Crippen LogP contribution in [0, 0.1) is 5.92 Å². The summed E-state index contributed by atoms with van der Waals surface area (Å²) in [6.45, 7) is 7.74. The highest BCUT2D eigenvalue weighted by atomic mass is 16.2. The zero-order chi connectivity index (χ0) is 17.1. The van der Waals surface area contributed by atoms with Crippen molar-refractivity contribution < 1.29 is 4.79 Å². The number of likely N-dealkylation sites (tertiary alicyclic amines) is 1. The molecule has 1 aliphatic rings. The van der Waals surface area contributed by atoms with E-state index in [0.29, 0.717) is 6.54 Å². The summed E-state index contributed by atoms with van der Waals surface area (Å²) in [5.74, 6) is 0.0309. The normalized spacial score (nSPS) is 16.1. The van der Waals surface area contributed by atoms with Gasteiger partial charge in [0.1, 0.15) is 0 Å². The largest absolute Gasteiger partial charge is 0.329 e. The Morgan fingerprint density at radius 3 is 2.25 bits per heavy atom. The highest BCUT2D eigenvalue weighted by molar-refractivity contribution is 5.83. The second kappa shape index (κ2) is 7.34. The number of rotatable bonds is 6. The molecule has 1 aliphatic heterocycles. The lowest BCUT2D eigenvalue weighted by Crippen LogP contribution is -2.35. The van der Waals surface area contributed by atoms with Crippen molar-refractivity contribution in [2.24, 2.45) is 5.92 Å². The van der Waals surface area contributed by atoms with Crippen LogP contribution in [0.15, 0.2) is 29.1 Å². The highest BCUT2D eigenvalue weighted by Crippen LogP contribution is 2.14. The minimum absolute atomic E-state index is 0.0626. The third kappa shape index (κ3) is 3.46. The summed E-state index contributed by atoms with van der Waals surface area (Å²) in [7, 11) is 0. The van der Waals surface area contributed by atoms with E-state index in [1.807, 2.05) is 42.7 Å². The van der Waals surface area contributed by atoms with Gasteiger partial charge in [-0.15, -0.1) is 0 Å². The summed E-state index contributed by atoms with van der Waals surface area (Å²) in [5, 5.41) is 0. The molecule has 1 aromatic carbocycles. The van der Waals surface area contributed by atoms with Crippen LogP contribution in [0.1, 0.15) is 33.1 Å². The van der Waals surface area contributed by atoms with Gasteiger partial charge in [0, 0.05) is 19.0 Å². The van der Waals surface area contributed by atoms with Crippen LogP contribution in [-0.2, 0) is 17.9 Å².